The van der Waals surface area contributed by atoms with Gasteiger partial charge in [0.25, 0.3) is 0 Å². The first-order valence-electron chi connectivity index (χ1n) is 40.1. The van der Waals surface area contributed by atoms with Gasteiger partial charge >= 0.3 is 47.8 Å². The first-order valence-corrected chi connectivity index (χ1v) is 46.6. The number of carbonyl (C=O) groups excluding carboxylic acids is 16. The molecule has 9 heterocycles. The van der Waals surface area contributed by atoms with E-state index in [1.165, 1.54) is 48.5 Å². The lowest BCUT2D eigenvalue weighted by Crippen LogP contribution is -2.25. The molecule has 0 saturated heterocycles. The molecule has 0 atom stereocenters. The van der Waals surface area contributed by atoms with Crippen molar-refractivity contribution in [1.82, 2.24) is 0 Å². The monoisotopic (exact) mass is 1910 g/mol. The fraction of sp³-hybridized carbons (Fsp3) is 0.455. The molecule has 16 bridgehead atoms. The van der Waals surface area contributed by atoms with Crippen LogP contribution in [0.2, 0.25) is 0 Å². The predicted molar refractivity (Wildman–Crippen MR) is 495 cm³/mol. The van der Waals surface area contributed by atoms with Gasteiger partial charge in [-0.2, -0.15) is 0 Å². The molecule has 0 spiro atoms. The lowest BCUT2D eigenvalue weighted by Gasteiger charge is -2.19. The normalized spacial score (nSPS) is 14.6. The van der Waals surface area contributed by atoms with Gasteiger partial charge in [0.2, 0.25) is 47.3 Å². The highest BCUT2D eigenvalue weighted by molar-refractivity contribution is 7.20. The van der Waals surface area contributed by atoms with Crippen LogP contribution in [0.4, 0.5) is 40.0 Å². The summed E-state index contributed by atoms with van der Waals surface area (Å²) in [7, 11) is 0. The van der Waals surface area contributed by atoms with E-state index in [0.717, 1.165) is 90.7 Å². The molecular weight excluding hydrogens is 1810 g/mol. The second kappa shape index (κ2) is 39.6. The molecule has 8 aromatic heterocycles. The Labute approximate surface area is 771 Å². The summed E-state index contributed by atoms with van der Waals surface area (Å²) in [5, 5.41) is 21.7. The summed E-state index contributed by atoms with van der Waals surface area (Å²) in [5.74, 6) is -12.8. The molecule has 8 N–H and O–H groups in total. The van der Waals surface area contributed by atoms with Crippen LogP contribution >= 0.6 is 90.7 Å². The summed E-state index contributed by atoms with van der Waals surface area (Å²) >= 11 is 6.84. The lowest BCUT2D eigenvalue weighted by molar-refractivity contribution is -0.116. The zero-order chi connectivity index (χ0) is 95.4. The number of hydrogen-bond acceptors (Lipinski definition) is 32. The van der Waals surface area contributed by atoms with Gasteiger partial charge in [-0.3, -0.25) is 38.4 Å². The van der Waals surface area contributed by atoms with Gasteiger partial charge in [0.1, 0.15) is 84.8 Å². The second-order valence-electron chi connectivity index (χ2n) is 37.5. The molecule has 1 aliphatic rings. The quantitative estimate of drug-likeness (QED) is 0.0517. The van der Waals surface area contributed by atoms with Crippen LogP contribution in [0.15, 0.2) is 48.5 Å². The smallest absolute Gasteiger partial charge is 0.341 e. The van der Waals surface area contributed by atoms with E-state index in [4.69, 9.17) is 37.9 Å². The molecule has 128 heavy (non-hydrogen) atoms. The van der Waals surface area contributed by atoms with E-state index < -0.39 is 191 Å². The Morgan fingerprint density at radius 2 is 0.273 bits per heavy atom. The van der Waals surface area contributed by atoms with Gasteiger partial charge < -0.3 is 80.4 Å². The second-order valence-corrected chi connectivity index (χ2v) is 46.6. The summed E-state index contributed by atoms with van der Waals surface area (Å²) in [6.07, 6.45) is -3.71. The van der Waals surface area contributed by atoms with Crippen LogP contribution in [-0.2, 0) is 128 Å². The molecule has 0 radical (unpaired) electrons. The van der Waals surface area contributed by atoms with Crippen molar-refractivity contribution in [2.45, 2.75) is 262 Å². The van der Waals surface area contributed by atoms with Crippen LogP contribution in [0.25, 0.3) is 0 Å². The van der Waals surface area contributed by atoms with Crippen LogP contribution in [-0.4, -0.2) is 140 Å². The minimum absolute atomic E-state index is 0.0396. The van der Waals surface area contributed by atoms with E-state index in [1.54, 1.807) is 166 Å². The van der Waals surface area contributed by atoms with E-state index >= 15 is 0 Å². The molecule has 40 heteroatoms. The van der Waals surface area contributed by atoms with Crippen LogP contribution in [0.1, 0.15) is 288 Å². The standard InChI is InChI=1S/C88H104N8O24S8/c1-81(2,3)113-73(105)49-25-41-33-58(98)90-66-51(75(107)115-83(7,8)9)27-43(123-66)35-60(100)92-68-53(77(109)117-85(13,14)15)29-45(125-68)37-62(102)94-70-55(79(111)119-87(19,20)21)31-47(127-70)39-64(104)96-72-56(80(112)120-88(22,23)24)32-48(128-72)40-63(103)95-71-54(78(110)118-86(16,17)18)30-46(126-71)38-61(101)93-69-52(76(108)116-84(10,11)12)28-44(124-69)36-59(99)91-67-50(74(106)114-82(4,5)6)26-42(122-67)34-57(97)89-65(49)121-41/h25-32H,33-40H2,1-24H3,(H,89,97)(H,90,98)(H,91,99)(H,92,100)(H,93,101)(H,94,102)(H,95,103)(H,96,104). The number of hydrogen-bond donors (Lipinski definition) is 8. The molecule has 0 aromatic carbocycles. The number of nitrogens with one attached hydrogen (secondary N) is 8. The highest BCUT2D eigenvalue weighted by atomic mass is 32.1. The molecule has 0 aliphatic carbocycles. The Morgan fingerprint density at radius 3 is 0.352 bits per heavy atom. The topological polar surface area (TPSA) is 443 Å². The van der Waals surface area contributed by atoms with E-state index in [-0.39, 0.29) is 124 Å². The average Bonchev–Trinajstić information content (AvgIpc) is 1.68. The number of thiophene rings is 8. The maximum absolute atomic E-state index is 14.4. The molecule has 8 aromatic rings. The Morgan fingerprint density at radius 1 is 0.188 bits per heavy atom. The Kier molecular flexibility index (Phi) is 31.2. The minimum Gasteiger partial charge on any atom is -0.456 e. The number of amides is 8. The summed E-state index contributed by atoms with van der Waals surface area (Å²) in [5.41, 5.74) is -9.52. The number of esters is 8. The van der Waals surface area contributed by atoms with Crippen molar-refractivity contribution in [2.75, 3.05) is 42.5 Å². The number of carbonyl (C=O) groups is 16. The van der Waals surface area contributed by atoms with Crippen LogP contribution in [0, 0.1) is 0 Å². The van der Waals surface area contributed by atoms with E-state index in [0.29, 0.717) is 0 Å². The predicted octanol–water partition coefficient (Wildman–Crippen LogP) is 17.6. The van der Waals surface area contributed by atoms with Crippen LogP contribution in [0.5, 0.6) is 0 Å². The molecule has 32 nitrogen and oxygen atoms in total. The van der Waals surface area contributed by atoms with Crippen molar-refractivity contribution in [2.24, 2.45) is 0 Å². The van der Waals surface area contributed by atoms with Crippen LogP contribution < -0.4 is 42.5 Å². The molecule has 9 rings (SSSR count). The lowest BCUT2D eigenvalue weighted by atomic mass is 10.1. The van der Waals surface area contributed by atoms with Crippen molar-refractivity contribution < 1.29 is 115 Å². The third-order valence-electron chi connectivity index (χ3n) is 15.9. The number of rotatable bonds is 8. The fourth-order valence-corrected chi connectivity index (χ4v) is 20.0. The average molecular weight is 1910 g/mol. The van der Waals surface area contributed by atoms with Gasteiger partial charge in [0.05, 0.1) is 95.9 Å². The fourth-order valence-electron chi connectivity index (χ4n) is 11.5. The van der Waals surface area contributed by atoms with Gasteiger partial charge in [0.15, 0.2) is 0 Å². The van der Waals surface area contributed by atoms with Gasteiger partial charge in [-0.05, 0) is 215 Å². The molecule has 688 valence electrons. The van der Waals surface area contributed by atoms with Gasteiger partial charge in [-0.15, -0.1) is 90.7 Å². The molecule has 0 fully saturated rings. The van der Waals surface area contributed by atoms with Crippen molar-refractivity contribution in [3.8, 4) is 0 Å². The minimum atomic E-state index is -1.05. The zero-order valence-electron chi connectivity index (χ0n) is 75.3. The maximum atomic E-state index is 14.4. The van der Waals surface area contributed by atoms with E-state index in [9.17, 15) is 76.7 Å². The zero-order valence-corrected chi connectivity index (χ0v) is 81.9. The summed E-state index contributed by atoms with van der Waals surface area (Å²) in [4.78, 5) is 229. The molecule has 0 unspecified atom stereocenters. The first-order chi connectivity index (χ1) is 58.8. The van der Waals surface area contributed by atoms with E-state index in [2.05, 4.69) is 42.5 Å². The van der Waals surface area contributed by atoms with Gasteiger partial charge in [0, 0.05) is 39.0 Å². The SMILES string of the molecule is CC(C)(C)OC(=O)c1cc2sc1NC(=O)Cc1cc(C(=O)OC(C)(C)C)c(s1)NC(=O)Cc1cc(C(=O)OC(C)(C)C)c(s1)NC(=O)Cc1cc(C(=O)OC(C)(C)C)c(s1)NC(=O)Cc1cc(C(=O)OC(C)(C)C)c(s1)NC(=O)Cc1cc(C(=O)OC(C)(C)C)c(s1)NC(=O)Cc1cc(C(=O)OC(C)(C)C)c(s1)NC(=O)Cc1cc(C(=O)OC(C)(C)C)c(s1)NC(=O)C2. The van der Waals surface area contributed by atoms with E-state index in [1.807, 2.05) is 0 Å². The maximum Gasteiger partial charge on any atom is 0.341 e. The molecule has 0 saturated carbocycles. The van der Waals surface area contributed by atoms with Gasteiger partial charge in [-0.25, -0.2) is 38.4 Å². The Hall–Kier alpha value is -10.9. The summed E-state index contributed by atoms with van der Waals surface area (Å²) in [6, 6.07) is 10.9. The molecule has 8 amide bonds. The van der Waals surface area contributed by atoms with Crippen LogP contribution in [0.3, 0.4) is 0 Å². The van der Waals surface area contributed by atoms with Gasteiger partial charge in [-0.1, -0.05) is 0 Å². The number of ether oxygens (including phenoxy) is 8. The molecular formula is C88H104N8O24S8. The Balaban J connectivity index is 1.11. The highest BCUT2D eigenvalue weighted by Gasteiger charge is 2.36. The third kappa shape index (κ3) is 30.7. The van der Waals surface area contributed by atoms with Crippen molar-refractivity contribution >= 4 is 226 Å². The first kappa shape index (κ1) is 101. The van der Waals surface area contributed by atoms with Crippen molar-refractivity contribution in [1.29, 1.82) is 0 Å². The van der Waals surface area contributed by atoms with Crippen molar-refractivity contribution in [3.63, 3.8) is 0 Å². The van der Waals surface area contributed by atoms with Crippen molar-refractivity contribution in [3.05, 3.63) is 132 Å². The summed E-state index contributed by atoms with van der Waals surface area (Å²) < 4.78 is 46.0. The highest BCUT2D eigenvalue weighted by Crippen LogP contribution is 2.41. The molecule has 1 aliphatic heterocycles. The number of anilines is 8. The summed E-state index contributed by atoms with van der Waals surface area (Å²) in [6.45, 7) is 39.0. The largest absolute Gasteiger partial charge is 0.456 e. The number of fused-ring (bicyclic) bond motifs is 16. The Bertz CT molecular complexity index is 4690. The third-order valence-corrected chi connectivity index (χ3v) is 24.3.